The van der Waals surface area contributed by atoms with Crippen LogP contribution in [0.1, 0.15) is 23.7 Å². The maximum atomic E-state index is 11.1. The van der Waals surface area contributed by atoms with E-state index in [-0.39, 0.29) is 17.5 Å². The first-order valence-electron chi connectivity index (χ1n) is 5.63. The van der Waals surface area contributed by atoms with Gasteiger partial charge in [0.15, 0.2) is 0 Å². The number of hydrogen-bond acceptors (Lipinski definition) is 5. The van der Waals surface area contributed by atoms with Crippen molar-refractivity contribution in [2.24, 2.45) is 0 Å². The van der Waals surface area contributed by atoms with Gasteiger partial charge in [0.2, 0.25) is 5.91 Å². The SMILES string of the molecule is CC(=O)NC1CCN(c2ncncc2C(=O)O)C1. The molecule has 0 aromatic carbocycles. The van der Waals surface area contributed by atoms with Crippen molar-refractivity contribution in [3.63, 3.8) is 0 Å². The van der Waals surface area contributed by atoms with E-state index in [0.29, 0.717) is 18.9 Å². The van der Waals surface area contributed by atoms with Crippen LogP contribution in [0.5, 0.6) is 0 Å². The molecule has 0 radical (unpaired) electrons. The Labute approximate surface area is 104 Å². The molecule has 1 unspecified atom stereocenters. The standard InChI is InChI=1S/C11H14N4O3/c1-7(16)14-8-2-3-15(5-8)10-9(11(17)18)4-12-6-13-10/h4,6,8H,2-3,5H2,1H3,(H,14,16)(H,17,18). The highest BCUT2D eigenvalue weighted by Gasteiger charge is 2.27. The first-order chi connectivity index (χ1) is 8.58. The van der Waals surface area contributed by atoms with E-state index in [2.05, 4.69) is 15.3 Å². The lowest BCUT2D eigenvalue weighted by Crippen LogP contribution is -2.36. The van der Waals surface area contributed by atoms with Gasteiger partial charge in [0.05, 0.1) is 0 Å². The number of aromatic carboxylic acids is 1. The second-order valence-electron chi connectivity index (χ2n) is 4.20. The van der Waals surface area contributed by atoms with Crippen molar-refractivity contribution in [1.82, 2.24) is 15.3 Å². The van der Waals surface area contributed by atoms with Gasteiger partial charge >= 0.3 is 5.97 Å². The molecule has 2 N–H and O–H groups in total. The van der Waals surface area contributed by atoms with Crippen LogP contribution in [0.25, 0.3) is 0 Å². The molecule has 0 spiro atoms. The third-order valence-electron chi connectivity index (χ3n) is 2.82. The number of carbonyl (C=O) groups is 2. The molecular weight excluding hydrogens is 236 g/mol. The van der Waals surface area contributed by atoms with Gasteiger partial charge in [0.25, 0.3) is 0 Å². The minimum absolute atomic E-state index is 0.0408. The zero-order valence-corrected chi connectivity index (χ0v) is 9.96. The van der Waals surface area contributed by atoms with E-state index < -0.39 is 5.97 Å². The number of anilines is 1. The highest BCUT2D eigenvalue weighted by atomic mass is 16.4. The van der Waals surface area contributed by atoms with Crippen LogP contribution in [0.3, 0.4) is 0 Å². The van der Waals surface area contributed by atoms with Crippen LogP contribution in [0, 0.1) is 0 Å². The van der Waals surface area contributed by atoms with Gasteiger partial charge in [0, 0.05) is 32.3 Å². The molecule has 1 saturated heterocycles. The van der Waals surface area contributed by atoms with Crippen molar-refractivity contribution in [3.8, 4) is 0 Å². The zero-order valence-electron chi connectivity index (χ0n) is 9.96. The van der Waals surface area contributed by atoms with Crippen LogP contribution < -0.4 is 10.2 Å². The van der Waals surface area contributed by atoms with Crippen LogP contribution in [0.15, 0.2) is 12.5 Å². The molecule has 18 heavy (non-hydrogen) atoms. The normalized spacial score (nSPS) is 18.7. The molecule has 0 aliphatic carbocycles. The third kappa shape index (κ3) is 2.55. The van der Waals surface area contributed by atoms with Crippen molar-refractivity contribution >= 4 is 17.7 Å². The number of hydrogen-bond donors (Lipinski definition) is 2. The molecule has 1 amide bonds. The Bertz CT molecular complexity index is 477. The van der Waals surface area contributed by atoms with Crippen LogP contribution in [-0.4, -0.2) is 46.1 Å². The lowest BCUT2D eigenvalue weighted by atomic mass is 10.2. The summed E-state index contributed by atoms with van der Waals surface area (Å²) in [6, 6.07) is 0.0408. The summed E-state index contributed by atoms with van der Waals surface area (Å²) >= 11 is 0. The van der Waals surface area contributed by atoms with E-state index in [1.165, 1.54) is 19.4 Å². The molecule has 1 aromatic heterocycles. The third-order valence-corrected chi connectivity index (χ3v) is 2.82. The first-order valence-corrected chi connectivity index (χ1v) is 5.63. The predicted molar refractivity (Wildman–Crippen MR) is 63.4 cm³/mol. The minimum Gasteiger partial charge on any atom is -0.477 e. The molecule has 1 atom stereocenters. The topological polar surface area (TPSA) is 95.4 Å². The molecule has 1 aromatic rings. The van der Waals surface area contributed by atoms with Crippen LogP contribution >= 0.6 is 0 Å². The summed E-state index contributed by atoms with van der Waals surface area (Å²) in [6.07, 6.45) is 3.40. The summed E-state index contributed by atoms with van der Waals surface area (Å²) in [7, 11) is 0. The number of nitrogens with zero attached hydrogens (tertiary/aromatic N) is 3. The molecule has 1 fully saturated rings. The highest BCUT2D eigenvalue weighted by Crippen LogP contribution is 2.21. The Morgan fingerprint density at radius 1 is 1.56 bits per heavy atom. The van der Waals surface area contributed by atoms with Crippen LogP contribution in [0.4, 0.5) is 5.82 Å². The maximum absolute atomic E-state index is 11.1. The van der Waals surface area contributed by atoms with Crippen molar-refractivity contribution < 1.29 is 14.7 Å². The fourth-order valence-corrected chi connectivity index (χ4v) is 2.08. The molecule has 0 saturated carbocycles. The first kappa shape index (κ1) is 12.3. The second kappa shape index (κ2) is 4.99. The monoisotopic (exact) mass is 250 g/mol. The molecule has 1 aliphatic heterocycles. The molecular formula is C11H14N4O3. The molecule has 7 heteroatoms. The van der Waals surface area contributed by atoms with Gasteiger partial charge in [0.1, 0.15) is 17.7 Å². The average molecular weight is 250 g/mol. The summed E-state index contributed by atoms with van der Waals surface area (Å²) in [6.45, 7) is 2.70. The molecule has 2 heterocycles. The molecule has 96 valence electrons. The Morgan fingerprint density at radius 3 is 3.00 bits per heavy atom. The number of carboxylic acids is 1. The summed E-state index contributed by atoms with van der Waals surface area (Å²) in [5.74, 6) is -0.720. The number of rotatable bonds is 3. The van der Waals surface area contributed by atoms with Gasteiger partial charge in [-0.05, 0) is 6.42 Å². The van der Waals surface area contributed by atoms with Crippen molar-refractivity contribution in [3.05, 3.63) is 18.1 Å². The Balaban J connectivity index is 2.14. The van der Waals surface area contributed by atoms with E-state index in [1.54, 1.807) is 0 Å². The summed E-state index contributed by atoms with van der Waals surface area (Å²) < 4.78 is 0. The van der Waals surface area contributed by atoms with Gasteiger partial charge in [-0.1, -0.05) is 0 Å². The highest BCUT2D eigenvalue weighted by molar-refractivity contribution is 5.92. The maximum Gasteiger partial charge on any atom is 0.341 e. The smallest absolute Gasteiger partial charge is 0.341 e. The lowest BCUT2D eigenvalue weighted by molar-refractivity contribution is -0.119. The van der Waals surface area contributed by atoms with Crippen molar-refractivity contribution in [2.75, 3.05) is 18.0 Å². The van der Waals surface area contributed by atoms with Crippen molar-refractivity contribution in [2.45, 2.75) is 19.4 Å². The molecule has 7 nitrogen and oxygen atoms in total. The van der Waals surface area contributed by atoms with E-state index in [9.17, 15) is 9.59 Å². The number of carboxylic acid groups (broad SMARTS) is 1. The van der Waals surface area contributed by atoms with Gasteiger partial charge in [-0.15, -0.1) is 0 Å². The lowest BCUT2D eigenvalue weighted by Gasteiger charge is -2.18. The zero-order chi connectivity index (χ0) is 13.1. The molecule has 2 rings (SSSR count). The van der Waals surface area contributed by atoms with E-state index in [1.807, 2.05) is 4.90 Å². The number of aromatic nitrogens is 2. The predicted octanol–water partition coefficient (Wildman–Crippen LogP) is -0.110. The fourth-order valence-electron chi connectivity index (χ4n) is 2.08. The molecule has 0 bridgehead atoms. The Morgan fingerprint density at radius 2 is 2.33 bits per heavy atom. The summed E-state index contributed by atoms with van der Waals surface area (Å²) in [5.41, 5.74) is 0.0842. The molecule has 1 aliphatic rings. The van der Waals surface area contributed by atoms with Gasteiger partial charge in [-0.25, -0.2) is 14.8 Å². The van der Waals surface area contributed by atoms with Crippen molar-refractivity contribution in [1.29, 1.82) is 0 Å². The fraction of sp³-hybridized carbons (Fsp3) is 0.455. The van der Waals surface area contributed by atoms with E-state index in [0.717, 1.165) is 6.42 Å². The number of nitrogens with one attached hydrogen (secondary N) is 1. The number of amides is 1. The van der Waals surface area contributed by atoms with Gasteiger partial charge in [-0.2, -0.15) is 0 Å². The van der Waals surface area contributed by atoms with Crippen LogP contribution in [0.2, 0.25) is 0 Å². The summed E-state index contributed by atoms with van der Waals surface area (Å²) in [5, 5.41) is 11.9. The Hall–Kier alpha value is -2.18. The largest absolute Gasteiger partial charge is 0.477 e. The second-order valence-corrected chi connectivity index (χ2v) is 4.20. The number of carbonyl (C=O) groups excluding carboxylic acids is 1. The average Bonchev–Trinajstić information content (AvgIpc) is 2.76. The van der Waals surface area contributed by atoms with Gasteiger partial charge in [-0.3, -0.25) is 4.79 Å². The van der Waals surface area contributed by atoms with Gasteiger partial charge < -0.3 is 15.3 Å². The van der Waals surface area contributed by atoms with Crippen LogP contribution in [-0.2, 0) is 4.79 Å². The van der Waals surface area contributed by atoms with E-state index >= 15 is 0 Å². The summed E-state index contributed by atoms with van der Waals surface area (Å²) in [4.78, 5) is 31.6. The van der Waals surface area contributed by atoms with E-state index in [4.69, 9.17) is 5.11 Å². The minimum atomic E-state index is -1.05. The Kier molecular flexibility index (Phi) is 3.40. The quantitative estimate of drug-likeness (QED) is 0.777.